The van der Waals surface area contributed by atoms with Gasteiger partial charge in [0.05, 0.1) is 0 Å². The van der Waals surface area contributed by atoms with E-state index in [2.05, 4.69) is 30.4 Å². The topological polar surface area (TPSA) is 49.4 Å². The molecule has 0 aromatic carbocycles. The highest BCUT2D eigenvalue weighted by molar-refractivity contribution is 7.91. The summed E-state index contributed by atoms with van der Waals surface area (Å²) in [6.45, 7) is 9.25. The van der Waals surface area contributed by atoms with Crippen molar-refractivity contribution in [3.05, 3.63) is 17.5 Å². The van der Waals surface area contributed by atoms with Gasteiger partial charge in [-0.1, -0.05) is 6.07 Å². The van der Waals surface area contributed by atoms with Gasteiger partial charge in [0, 0.05) is 18.6 Å². The highest BCUT2D eigenvalue weighted by atomic mass is 32.2. The average Bonchev–Trinajstić information content (AvgIpc) is 2.90. The van der Waals surface area contributed by atoms with Crippen molar-refractivity contribution in [2.45, 2.75) is 43.4 Å². The summed E-state index contributed by atoms with van der Waals surface area (Å²) in [6, 6.07) is 3.41. The van der Waals surface area contributed by atoms with E-state index < -0.39 is 10.0 Å². The number of sulfonamides is 1. The third-order valence-electron chi connectivity index (χ3n) is 3.79. The van der Waals surface area contributed by atoms with E-state index in [0.29, 0.717) is 16.7 Å². The lowest BCUT2D eigenvalue weighted by Crippen LogP contribution is -2.49. The maximum absolute atomic E-state index is 12.1. The van der Waals surface area contributed by atoms with Crippen LogP contribution < -0.4 is 4.72 Å². The summed E-state index contributed by atoms with van der Waals surface area (Å²) in [5, 5.41) is 1.79. The second-order valence-corrected chi connectivity index (χ2v) is 9.35. The van der Waals surface area contributed by atoms with Crippen LogP contribution in [0.4, 0.5) is 0 Å². The summed E-state index contributed by atoms with van der Waals surface area (Å²) < 4.78 is 27.4. The van der Waals surface area contributed by atoms with Gasteiger partial charge in [-0.3, -0.25) is 4.90 Å². The molecule has 0 saturated carbocycles. The van der Waals surface area contributed by atoms with Gasteiger partial charge in [-0.15, -0.1) is 11.3 Å². The number of nitrogens with zero attached hydrogens (tertiary/aromatic N) is 1. The van der Waals surface area contributed by atoms with Crippen molar-refractivity contribution in [1.82, 2.24) is 9.62 Å². The first kappa shape index (κ1) is 15.9. The fourth-order valence-corrected chi connectivity index (χ4v) is 4.71. The fraction of sp³-hybridized carbons (Fsp3) is 0.714. The van der Waals surface area contributed by atoms with Crippen LogP contribution in [0.3, 0.4) is 0 Å². The molecule has 6 heteroatoms. The molecule has 1 aromatic rings. The summed E-state index contributed by atoms with van der Waals surface area (Å²) in [6.07, 6.45) is 2.24. The zero-order valence-electron chi connectivity index (χ0n) is 12.4. The standard InChI is InChI=1S/C14H24N2O2S2/c1-14(2,3)16-8-4-6-12(11-16)10-15-20(17,18)13-7-5-9-19-13/h5,7,9,12,15H,4,6,8,10-11H2,1-3H3. The van der Waals surface area contributed by atoms with Gasteiger partial charge < -0.3 is 0 Å². The highest BCUT2D eigenvalue weighted by Gasteiger charge is 2.28. The van der Waals surface area contributed by atoms with Crippen LogP contribution in [-0.4, -0.2) is 38.5 Å². The van der Waals surface area contributed by atoms with E-state index in [0.717, 1.165) is 25.9 Å². The Morgan fingerprint density at radius 3 is 2.80 bits per heavy atom. The molecule has 4 nitrogen and oxygen atoms in total. The normalized spacial score (nSPS) is 22.1. The van der Waals surface area contributed by atoms with Gasteiger partial charge in [0.1, 0.15) is 4.21 Å². The van der Waals surface area contributed by atoms with E-state index in [4.69, 9.17) is 0 Å². The molecule has 1 unspecified atom stereocenters. The van der Waals surface area contributed by atoms with Gasteiger partial charge >= 0.3 is 0 Å². The van der Waals surface area contributed by atoms with E-state index in [1.807, 2.05) is 0 Å². The van der Waals surface area contributed by atoms with Crippen molar-refractivity contribution in [2.75, 3.05) is 19.6 Å². The number of hydrogen-bond acceptors (Lipinski definition) is 4. The minimum absolute atomic E-state index is 0.158. The summed E-state index contributed by atoms with van der Waals surface area (Å²) in [7, 11) is -3.32. The first-order valence-electron chi connectivity index (χ1n) is 7.07. The minimum Gasteiger partial charge on any atom is -0.298 e. The third kappa shape index (κ3) is 4.04. The fourth-order valence-electron chi connectivity index (χ4n) is 2.56. The Kier molecular flexibility index (Phi) is 4.89. The summed E-state index contributed by atoms with van der Waals surface area (Å²) in [5.41, 5.74) is 0.158. The van der Waals surface area contributed by atoms with Crippen LogP contribution in [0.2, 0.25) is 0 Å². The largest absolute Gasteiger partial charge is 0.298 e. The SMILES string of the molecule is CC(C)(C)N1CCCC(CNS(=O)(=O)c2cccs2)C1. The number of rotatable bonds is 4. The first-order valence-corrected chi connectivity index (χ1v) is 9.43. The molecule has 2 rings (SSSR count). The number of piperidine rings is 1. The van der Waals surface area contributed by atoms with Gasteiger partial charge in [-0.2, -0.15) is 0 Å². The zero-order valence-corrected chi connectivity index (χ0v) is 14.1. The van der Waals surface area contributed by atoms with Gasteiger partial charge in [-0.25, -0.2) is 13.1 Å². The molecule has 0 spiro atoms. The Balaban J connectivity index is 1.91. The second-order valence-electron chi connectivity index (χ2n) is 6.41. The van der Waals surface area contributed by atoms with Gasteiger partial charge in [0.2, 0.25) is 10.0 Å². The van der Waals surface area contributed by atoms with E-state index in [-0.39, 0.29) is 5.54 Å². The van der Waals surface area contributed by atoms with E-state index in [9.17, 15) is 8.42 Å². The minimum atomic E-state index is -3.32. The first-order chi connectivity index (χ1) is 9.29. The number of nitrogens with one attached hydrogen (secondary N) is 1. The molecule has 1 saturated heterocycles. The van der Waals surface area contributed by atoms with Crippen molar-refractivity contribution < 1.29 is 8.42 Å². The molecule has 1 aliphatic heterocycles. The van der Waals surface area contributed by atoms with Crippen molar-refractivity contribution >= 4 is 21.4 Å². The highest BCUT2D eigenvalue weighted by Crippen LogP contribution is 2.24. The molecule has 20 heavy (non-hydrogen) atoms. The molecule has 1 aliphatic rings. The van der Waals surface area contributed by atoms with Crippen molar-refractivity contribution in [3.63, 3.8) is 0 Å². The number of thiophene rings is 1. The Bertz CT molecular complexity index is 518. The Morgan fingerprint density at radius 1 is 1.45 bits per heavy atom. The molecule has 0 aliphatic carbocycles. The van der Waals surface area contributed by atoms with E-state index in [1.54, 1.807) is 17.5 Å². The molecule has 1 fully saturated rings. The van der Waals surface area contributed by atoms with Crippen LogP contribution in [-0.2, 0) is 10.0 Å². The van der Waals surface area contributed by atoms with E-state index >= 15 is 0 Å². The summed E-state index contributed by atoms with van der Waals surface area (Å²) in [5.74, 6) is 0.401. The lowest BCUT2D eigenvalue weighted by Gasteiger charge is -2.41. The van der Waals surface area contributed by atoms with Gasteiger partial charge in [-0.05, 0) is 57.5 Å². The van der Waals surface area contributed by atoms with E-state index in [1.165, 1.54) is 11.3 Å². The smallest absolute Gasteiger partial charge is 0.250 e. The molecule has 0 amide bonds. The van der Waals surface area contributed by atoms with Crippen LogP contribution in [0.5, 0.6) is 0 Å². The predicted molar refractivity (Wildman–Crippen MR) is 83.6 cm³/mol. The monoisotopic (exact) mass is 316 g/mol. The molecular weight excluding hydrogens is 292 g/mol. The van der Waals surface area contributed by atoms with Gasteiger partial charge in [0.25, 0.3) is 0 Å². The molecule has 0 bridgehead atoms. The zero-order chi connectivity index (χ0) is 14.8. The molecular formula is C14H24N2O2S2. The van der Waals surface area contributed by atoms with Crippen LogP contribution in [0.15, 0.2) is 21.7 Å². The third-order valence-corrected chi connectivity index (χ3v) is 6.61. The van der Waals surface area contributed by atoms with Crippen LogP contribution >= 0.6 is 11.3 Å². The maximum Gasteiger partial charge on any atom is 0.250 e. The Labute approximate surface area is 126 Å². The van der Waals surface area contributed by atoms with Crippen LogP contribution in [0.25, 0.3) is 0 Å². The molecule has 1 aromatic heterocycles. The Hall–Kier alpha value is -0.430. The lowest BCUT2D eigenvalue weighted by atomic mass is 9.94. The molecule has 0 radical (unpaired) electrons. The second kappa shape index (κ2) is 6.13. The number of likely N-dealkylation sites (tertiary alicyclic amines) is 1. The number of hydrogen-bond donors (Lipinski definition) is 1. The van der Waals surface area contributed by atoms with Gasteiger partial charge in [0.15, 0.2) is 0 Å². The molecule has 2 heterocycles. The molecule has 1 N–H and O–H groups in total. The van der Waals surface area contributed by atoms with Crippen LogP contribution in [0.1, 0.15) is 33.6 Å². The maximum atomic E-state index is 12.1. The Morgan fingerprint density at radius 2 is 2.20 bits per heavy atom. The van der Waals surface area contributed by atoms with Crippen molar-refractivity contribution in [3.8, 4) is 0 Å². The lowest BCUT2D eigenvalue weighted by molar-refractivity contribution is 0.0804. The van der Waals surface area contributed by atoms with Crippen LogP contribution in [0, 0.1) is 5.92 Å². The quantitative estimate of drug-likeness (QED) is 0.928. The molecule has 114 valence electrons. The predicted octanol–water partition coefficient (Wildman–Crippen LogP) is 2.54. The van der Waals surface area contributed by atoms with Crippen molar-refractivity contribution in [1.29, 1.82) is 0 Å². The van der Waals surface area contributed by atoms with Crippen molar-refractivity contribution in [2.24, 2.45) is 5.92 Å². The summed E-state index contributed by atoms with van der Waals surface area (Å²) >= 11 is 1.26. The average molecular weight is 316 g/mol. The molecule has 1 atom stereocenters. The summed E-state index contributed by atoms with van der Waals surface area (Å²) in [4.78, 5) is 2.45.